The summed E-state index contributed by atoms with van der Waals surface area (Å²) in [5.41, 5.74) is 1.95. The maximum atomic E-state index is 12.2. The van der Waals surface area contributed by atoms with Gasteiger partial charge in [0.15, 0.2) is 11.5 Å². The molecular formula is C21H20BrNO4S2. The molecule has 1 aliphatic rings. The van der Waals surface area contributed by atoms with Crippen LogP contribution in [0.2, 0.25) is 0 Å². The number of thiocarbonyl (C=S) groups is 1. The van der Waals surface area contributed by atoms with E-state index < -0.39 is 0 Å². The van der Waals surface area contributed by atoms with Crippen molar-refractivity contribution in [2.75, 3.05) is 27.4 Å². The molecule has 5 nitrogen and oxygen atoms in total. The van der Waals surface area contributed by atoms with E-state index in [1.807, 2.05) is 43.3 Å². The summed E-state index contributed by atoms with van der Waals surface area (Å²) in [5.74, 6) is 1.85. The molecule has 29 heavy (non-hydrogen) atoms. The number of benzene rings is 2. The molecule has 0 atom stereocenters. The number of rotatable bonds is 7. The van der Waals surface area contributed by atoms with E-state index in [9.17, 15) is 4.79 Å². The molecular weight excluding hydrogens is 474 g/mol. The highest BCUT2D eigenvalue weighted by atomic mass is 79.9. The Hall–Kier alpha value is -2.03. The second-order valence-corrected chi connectivity index (χ2v) is 8.82. The van der Waals surface area contributed by atoms with Crippen LogP contribution in [0.4, 0.5) is 0 Å². The zero-order valence-corrected chi connectivity index (χ0v) is 19.4. The quantitative estimate of drug-likeness (QED) is 0.305. The summed E-state index contributed by atoms with van der Waals surface area (Å²) in [6.45, 7) is 2.78. The fourth-order valence-electron chi connectivity index (χ4n) is 2.67. The third kappa shape index (κ3) is 5.32. The van der Waals surface area contributed by atoms with Crippen molar-refractivity contribution < 1.29 is 19.0 Å². The highest BCUT2D eigenvalue weighted by molar-refractivity contribution is 9.10. The Morgan fingerprint density at radius 2 is 1.97 bits per heavy atom. The van der Waals surface area contributed by atoms with E-state index in [1.165, 1.54) is 16.7 Å². The van der Waals surface area contributed by atoms with Gasteiger partial charge in [0.1, 0.15) is 23.3 Å². The average Bonchev–Trinajstić information content (AvgIpc) is 2.93. The lowest BCUT2D eigenvalue weighted by atomic mass is 10.2. The van der Waals surface area contributed by atoms with Gasteiger partial charge in [-0.05, 0) is 64.3 Å². The number of halogens is 1. The molecule has 0 unspecified atom stereocenters. The summed E-state index contributed by atoms with van der Waals surface area (Å²) in [5, 5.41) is 0. The van der Waals surface area contributed by atoms with Gasteiger partial charge < -0.3 is 14.2 Å². The third-order valence-corrected chi connectivity index (χ3v) is 6.20. The van der Waals surface area contributed by atoms with Crippen molar-refractivity contribution in [2.45, 2.75) is 6.92 Å². The molecule has 1 heterocycles. The Labute approximate surface area is 188 Å². The van der Waals surface area contributed by atoms with Gasteiger partial charge in [0.2, 0.25) is 0 Å². The third-order valence-electron chi connectivity index (χ3n) is 4.12. The van der Waals surface area contributed by atoms with E-state index in [4.69, 9.17) is 26.4 Å². The molecule has 0 saturated carbocycles. The first-order valence-corrected chi connectivity index (χ1v) is 10.8. The van der Waals surface area contributed by atoms with Gasteiger partial charge in [0.05, 0.1) is 16.5 Å². The van der Waals surface area contributed by atoms with E-state index in [1.54, 1.807) is 20.2 Å². The van der Waals surface area contributed by atoms with Crippen molar-refractivity contribution in [3.8, 4) is 17.2 Å². The molecule has 152 valence electrons. The number of thioether (sulfide) groups is 1. The number of carbonyl (C=O) groups is 1. The van der Waals surface area contributed by atoms with Gasteiger partial charge in [-0.1, -0.05) is 36.1 Å². The molecule has 1 fully saturated rings. The SMILES string of the molecule is COc1cc(C=C2SC(=S)N(C)C2=O)cc(Br)c1OCCOc1cccc(C)c1. The summed E-state index contributed by atoms with van der Waals surface area (Å²) in [7, 11) is 3.25. The average molecular weight is 494 g/mol. The van der Waals surface area contributed by atoms with Crippen LogP contribution in [0.1, 0.15) is 11.1 Å². The highest BCUT2D eigenvalue weighted by Crippen LogP contribution is 2.39. The van der Waals surface area contributed by atoms with Gasteiger partial charge in [-0.15, -0.1) is 0 Å². The molecule has 1 aliphatic heterocycles. The first-order chi connectivity index (χ1) is 13.9. The van der Waals surface area contributed by atoms with Crippen LogP contribution in [0.3, 0.4) is 0 Å². The molecule has 1 amide bonds. The number of ether oxygens (including phenoxy) is 3. The Kier molecular flexibility index (Phi) is 7.21. The fourth-order valence-corrected chi connectivity index (χ4v) is 4.42. The minimum absolute atomic E-state index is 0.108. The first kappa shape index (κ1) is 21.7. The fraction of sp³-hybridized carbons (Fsp3) is 0.238. The maximum Gasteiger partial charge on any atom is 0.265 e. The number of likely N-dealkylation sites (N-methyl/N-ethyl adjacent to an activating group) is 1. The van der Waals surface area contributed by atoms with Crippen molar-refractivity contribution in [1.29, 1.82) is 0 Å². The zero-order chi connectivity index (χ0) is 21.0. The number of amides is 1. The molecule has 8 heteroatoms. The Morgan fingerprint density at radius 3 is 2.62 bits per heavy atom. The van der Waals surface area contributed by atoms with E-state index in [0.29, 0.717) is 33.9 Å². The molecule has 3 rings (SSSR count). The Bertz CT molecular complexity index is 977. The molecule has 0 N–H and O–H groups in total. The second kappa shape index (κ2) is 9.65. The normalized spacial score (nSPS) is 15.2. The number of hydrogen-bond donors (Lipinski definition) is 0. The standard InChI is InChI=1S/C21H20BrNO4S2/c1-13-5-4-6-15(9-13)26-7-8-27-19-16(22)10-14(11-17(19)25-3)12-18-20(24)23(2)21(28)29-18/h4-6,9-12H,7-8H2,1-3H3. The van der Waals surface area contributed by atoms with Crippen molar-refractivity contribution in [3.63, 3.8) is 0 Å². The molecule has 1 saturated heterocycles. The number of carbonyl (C=O) groups excluding carboxylic acids is 1. The highest BCUT2D eigenvalue weighted by Gasteiger charge is 2.28. The molecule has 0 aromatic heterocycles. The number of hydrogen-bond acceptors (Lipinski definition) is 6. The van der Waals surface area contributed by atoms with Crippen LogP contribution in [0.5, 0.6) is 17.2 Å². The van der Waals surface area contributed by atoms with Crippen LogP contribution in [0, 0.1) is 6.92 Å². The van der Waals surface area contributed by atoms with Crippen molar-refractivity contribution in [2.24, 2.45) is 0 Å². The smallest absolute Gasteiger partial charge is 0.265 e. The summed E-state index contributed by atoms with van der Waals surface area (Å²) in [6, 6.07) is 11.6. The van der Waals surface area contributed by atoms with Gasteiger partial charge >= 0.3 is 0 Å². The number of aryl methyl sites for hydroxylation is 1. The molecule has 0 bridgehead atoms. The van der Waals surface area contributed by atoms with Crippen LogP contribution in [-0.2, 0) is 4.79 Å². The second-order valence-electron chi connectivity index (χ2n) is 6.29. The topological polar surface area (TPSA) is 48.0 Å². The monoisotopic (exact) mass is 493 g/mol. The van der Waals surface area contributed by atoms with Crippen LogP contribution >= 0.6 is 39.9 Å². The van der Waals surface area contributed by atoms with Crippen molar-refractivity contribution in [3.05, 3.63) is 56.9 Å². The van der Waals surface area contributed by atoms with Gasteiger partial charge in [-0.2, -0.15) is 0 Å². The largest absolute Gasteiger partial charge is 0.493 e. The molecule has 0 radical (unpaired) electrons. The predicted octanol–water partition coefficient (Wildman–Crippen LogP) is 5.05. The van der Waals surface area contributed by atoms with Gasteiger partial charge in [-0.25, -0.2) is 0 Å². The lowest BCUT2D eigenvalue weighted by Crippen LogP contribution is -2.22. The minimum Gasteiger partial charge on any atom is -0.493 e. The lowest BCUT2D eigenvalue weighted by Gasteiger charge is -2.14. The van der Waals surface area contributed by atoms with Crippen LogP contribution in [-0.4, -0.2) is 42.5 Å². The molecule has 2 aromatic carbocycles. The predicted molar refractivity (Wildman–Crippen MR) is 124 cm³/mol. The number of nitrogens with zero attached hydrogens (tertiary/aromatic N) is 1. The zero-order valence-electron chi connectivity index (χ0n) is 16.2. The van der Waals surface area contributed by atoms with E-state index in [2.05, 4.69) is 15.9 Å². The Balaban J connectivity index is 1.68. The van der Waals surface area contributed by atoms with Crippen LogP contribution < -0.4 is 14.2 Å². The Morgan fingerprint density at radius 1 is 1.21 bits per heavy atom. The van der Waals surface area contributed by atoms with Gasteiger partial charge in [-0.3, -0.25) is 9.69 Å². The van der Waals surface area contributed by atoms with Gasteiger partial charge in [0.25, 0.3) is 5.91 Å². The minimum atomic E-state index is -0.108. The summed E-state index contributed by atoms with van der Waals surface area (Å²) < 4.78 is 18.3. The van der Waals surface area contributed by atoms with Crippen LogP contribution in [0.15, 0.2) is 45.8 Å². The number of methoxy groups -OCH3 is 1. The van der Waals surface area contributed by atoms with Gasteiger partial charge in [0, 0.05) is 7.05 Å². The van der Waals surface area contributed by atoms with Crippen LogP contribution in [0.25, 0.3) is 6.08 Å². The maximum absolute atomic E-state index is 12.2. The van der Waals surface area contributed by atoms with E-state index in [-0.39, 0.29) is 5.91 Å². The van der Waals surface area contributed by atoms with Crippen molar-refractivity contribution in [1.82, 2.24) is 4.90 Å². The summed E-state index contributed by atoms with van der Waals surface area (Å²) >= 11 is 9.98. The van der Waals surface area contributed by atoms with E-state index in [0.717, 1.165) is 21.3 Å². The molecule has 0 aliphatic carbocycles. The summed E-state index contributed by atoms with van der Waals surface area (Å²) in [6.07, 6.45) is 1.79. The van der Waals surface area contributed by atoms with Crippen molar-refractivity contribution >= 4 is 56.2 Å². The molecule has 2 aromatic rings. The lowest BCUT2D eigenvalue weighted by molar-refractivity contribution is -0.121. The molecule has 0 spiro atoms. The van der Waals surface area contributed by atoms with E-state index >= 15 is 0 Å². The first-order valence-electron chi connectivity index (χ1n) is 8.80. The summed E-state index contributed by atoms with van der Waals surface area (Å²) in [4.78, 5) is 14.2.